The van der Waals surface area contributed by atoms with E-state index in [-0.39, 0.29) is 23.4 Å². The lowest BCUT2D eigenvalue weighted by molar-refractivity contribution is -0.123. The zero-order chi connectivity index (χ0) is 24.8. The number of anilines is 1. The van der Waals surface area contributed by atoms with Crippen LogP contribution in [0, 0.1) is 5.82 Å². The Morgan fingerprint density at radius 3 is 2.37 bits per heavy atom. The summed E-state index contributed by atoms with van der Waals surface area (Å²) in [5, 5.41) is 3.11. The summed E-state index contributed by atoms with van der Waals surface area (Å²) in [7, 11) is 0. The molecule has 0 aliphatic heterocycles. The Morgan fingerprint density at radius 1 is 0.971 bits per heavy atom. The van der Waals surface area contributed by atoms with E-state index in [1.54, 1.807) is 42.5 Å². The first-order valence-corrected chi connectivity index (χ1v) is 11.9. The van der Waals surface area contributed by atoms with E-state index in [1.807, 2.05) is 0 Å². The van der Waals surface area contributed by atoms with Gasteiger partial charge < -0.3 is 5.32 Å². The number of pyridine rings is 1. The molecule has 2 amide bonds. The summed E-state index contributed by atoms with van der Waals surface area (Å²) >= 11 is 0. The van der Waals surface area contributed by atoms with Gasteiger partial charge >= 0.3 is 0 Å². The summed E-state index contributed by atoms with van der Waals surface area (Å²) in [6.45, 7) is 1.44. The number of rotatable bonds is 7. The Hall–Kier alpha value is -3.87. The molecular weight excluding hydrogens is 445 g/mol. The summed E-state index contributed by atoms with van der Waals surface area (Å²) in [5.74, 6) is -1.47. The number of benzene rings is 2. The number of carbonyl (C=O) groups excluding carboxylic acids is 3. The molecule has 0 saturated heterocycles. The zero-order valence-corrected chi connectivity index (χ0v) is 19.6. The van der Waals surface area contributed by atoms with Gasteiger partial charge in [-0.1, -0.05) is 49.6 Å². The fourth-order valence-electron chi connectivity index (χ4n) is 4.46. The third-order valence-corrected chi connectivity index (χ3v) is 6.28. The van der Waals surface area contributed by atoms with Gasteiger partial charge in [0.1, 0.15) is 17.6 Å². The maximum atomic E-state index is 13.8. The first kappa shape index (κ1) is 24.3. The highest BCUT2D eigenvalue weighted by molar-refractivity contribution is 6.09. The molecule has 0 bridgehead atoms. The van der Waals surface area contributed by atoms with Crippen molar-refractivity contribution in [3.05, 3.63) is 95.6 Å². The van der Waals surface area contributed by atoms with Crippen molar-refractivity contribution in [2.24, 2.45) is 0 Å². The monoisotopic (exact) mass is 473 g/mol. The molecule has 35 heavy (non-hydrogen) atoms. The Morgan fingerprint density at radius 2 is 1.71 bits per heavy atom. The van der Waals surface area contributed by atoms with Crippen LogP contribution < -0.4 is 10.2 Å². The summed E-state index contributed by atoms with van der Waals surface area (Å²) in [6.07, 6.45) is 6.45. The average Bonchev–Trinajstić information content (AvgIpc) is 2.88. The molecule has 2 aromatic carbocycles. The molecule has 1 aliphatic rings. The van der Waals surface area contributed by atoms with Crippen molar-refractivity contribution < 1.29 is 18.8 Å². The largest absolute Gasteiger partial charge is 0.351 e. The lowest BCUT2D eigenvalue weighted by atomic mass is 9.94. The van der Waals surface area contributed by atoms with Crippen LogP contribution in [0.25, 0.3) is 0 Å². The van der Waals surface area contributed by atoms with E-state index < -0.39 is 17.8 Å². The predicted octanol–water partition coefficient (Wildman–Crippen LogP) is 5.26. The van der Waals surface area contributed by atoms with Gasteiger partial charge in [-0.15, -0.1) is 0 Å². The molecule has 180 valence electrons. The molecule has 1 saturated carbocycles. The average molecular weight is 474 g/mol. The standard InChI is InChI=1S/C28H28FN3O3/c1-19(33)21-8-7-11-24(18-21)32(28(35)25-12-5-6-17-30-25)26(20-13-15-22(29)16-14-20)27(34)31-23-9-3-2-4-10-23/h5-8,11-18,23,26H,2-4,9-10H2,1H3,(H,31,34)/t26-/m0/s1. The fraction of sp³-hybridized carbons (Fsp3) is 0.286. The number of hydrogen-bond donors (Lipinski definition) is 1. The van der Waals surface area contributed by atoms with Crippen LogP contribution in [0.5, 0.6) is 0 Å². The van der Waals surface area contributed by atoms with Gasteiger partial charge in [-0.05, 0) is 61.7 Å². The van der Waals surface area contributed by atoms with Gasteiger partial charge in [0.2, 0.25) is 5.91 Å². The maximum absolute atomic E-state index is 13.8. The molecular formula is C28H28FN3O3. The normalized spacial score (nSPS) is 14.7. The van der Waals surface area contributed by atoms with Crippen LogP contribution in [-0.2, 0) is 4.79 Å². The van der Waals surface area contributed by atoms with Crippen molar-refractivity contribution in [2.75, 3.05) is 4.90 Å². The molecule has 7 heteroatoms. The molecule has 6 nitrogen and oxygen atoms in total. The van der Waals surface area contributed by atoms with Gasteiger partial charge in [-0.2, -0.15) is 0 Å². The van der Waals surface area contributed by atoms with Crippen LogP contribution in [0.3, 0.4) is 0 Å². The van der Waals surface area contributed by atoms with Crippen molar-refractivity contribution in [3.8, 4) is 0 Å². The smallest absolute Gasteiger partial charge is 0.277 e. The molecule has 1 fully saturated rings. The Labute approximate surface area is 204 Å². The van der Waals surface area contributed by atoms with E-state index >= 15 is 0 Å². The van der Waals surface area contributed by atoms with Gasteiger partial charge in [0, 0.05) is 23.5 Å². The van der Waals surface area contributed by atoms with Crippen LogP contribution >= 0.6 is 0 Å². The molecule has 1 aliphatic carbocycles. The highest BCUT2D eigenvalue weighted by Crippen LogP contribution is 2.31. The summed E-state index contributed by atoms with van der Waals surface area (Å²) in [6, 6.07) is 16.0. The molecule has 0 radical (unpaired) electrons. The van der Waals surface area contributed by atoms with Gasteiger partial charge in [0.25, 0.3) is 5.91 Å². The van der Waals surface area contributed by atoms with Crippen molar-refractivity contribution in [1.82, 2.24) is 10.3 Å². The second-order valence-corrected chi connectivity index (χ2v) is 8.79. The second-order valence-electron chi connectivity index (χ2n) is 8.79. The highest BCUT2D eigenvalue weighted by Gasteiger charge is 2.35. The molecule has 4 rings (SSSR count). The predicted molar refractivity (Wildman–Crippen MR) is 132 cm³/mol. The molecule has 0 unspecified atom stereocenters. The fourth-order valence-corrected chi connectivity index (χ4v) is 4.46. The van der Waals surface area contributed by atoms with Crippen LogP contribution in [0.4, 0.5) is 10.1 Å². The third kappa shape index (κ3) is 5.80. The van der Waals surface area contributed by atoms with Crippen LogP contribution in [0.15, 0.2) is 72.9 Å². The third-order valence-electron chi connectivity index (χ3n) is 6.28. The van der Waals surface area contributed by atoms with Crippen LogP contribution in [0.1, 0.15) is 71.5 Å². The van der Waals surface area contributed by atoms with E-state index in [0.29, 0.717) is 16.8 Å². The lowest BCUT2D eigenvalue weighted by Gasteiger charge is -2.33. The van der Waals surface area contributed by atoms with Crippen molar-refractivity contribution in [1.29, 1.82) is 0 Å². The first-order valence-electron chi connectivity index (χ1n) is 11.9. The minimum atomic E-state index is -1.09. The van der Waals surface area contributed by atoms with Gasteiger partial charge in [0.05, 0.1) is 0 Å². The minimum Gasteiger partial charge on any atom is -0.351 e. The van der Waals surface area contributed by atoms with E-state index in [0.717, 1.165) is 32.1 Å². The summed E-state index contributed by atoms with van der Waals surface area (Å²) in [5.41, 5.74) is 1.39. The van der Waals surface area contributed by atoms with Gasteiger partial charge in [0.15, 0.2) is 5.78 Å². The van der Waals surface area contributed by atoms with E-state index in [4.69, 9.17) is 0 Å². The van der Waals surface area contributed by atoms with Crippen molar-refractivity contribution in [3.63, 3.8) is 0 Å². The van der Waals surface area contributed by atoms with Gasteiger partial charge in [-0.25, -0.2) is 4.39 Å². The number of ketones is 1. The topological polar surface area (TPSA) is 79.4 Å². The van der Waals surface area contributed by atoms with Crippen molar-refractivity contribution in [2.45, 2.75) is 51.1 Å². The maximum Gasteiger partial charge on any atom is 0.277 e. The Kier molecular flexibility index (Phi) is 7.65. The number of amides is 2. The Bertz CT molecular complexity index is 1190. The second kappa shape index (κ2) is 11.0. The number of aromatic nitrogens is 1. The number of halogens is 1. The molecule has 0 spiro atoms. The van der Waals surface area contributed by atoms with Crippen molar-refractivity contribution >= 4 is 23.3 Å². The molecule has 3 aromatic rings. The molecule has 1 atom stereocenters. The van der Waals surface area contributed by atoms with Crippen LogP contribution in [0.2, 0.25) is 0 Å². The SMILES string of the molecule is CC(=O)c1cccc(N(C(=O)c2ccccn2)[C@H](C(=O)NC2CCCCC2)c2ccc(F)cc2)c1. The molecule has 1 N–H and O–H groups in total. The van der Waals surface area contributed by atoms with E-state index in [1.165, 1.54) is 42.3 Å². The first-order chi connectivity index (χ1) is 16.9. The highest BCUT2D eigenvalue weighted by atomic mass is 19.1. The molecule has 1 aromatic heterocycles. The van der Waals surface area contributed by atoms with E-state index in [9.17, 15) is 18.8 Å². The van der Waals surface area contributed by atoms with E-state index in [2.05, 4.69) is 10.3 Å². The number of carbonyl (C=O) groups is 3. The number of Topliss-reactive ketones (excluding diaryl/α,β-unsaturated/α-hetero) is 1. The minimum absolute atomic E-state index is 0.00885. The number of nitrogens with zero attached hydrogens (tertiary/aromatic N) is 2. The summed E-state index contributed by atoms with van der Waals surface area (Å²) in [4.78, 5) is 45.3. The summed E-state index contributed by atoms with van der Waals surface area (Å²) < 4.78 is 13.8. The number of hydrogen-bond acceptors (Lipinski definition) is 4. The molecule has 1 heterocycles. The quantitative estimate of drug-likeness (QED) is 0.475. The van der Waals surface area contributed by atoms with Crippen LogP contribution in [-0.4, -0.2) is 28.6 Å². The zero-order valence-electron chi connectivity index (χ0n) is 19.6. The number of nitrogens with one attached hydrogen (secondary N) is 1. The lowest BCUT2D eigenvalue weighted by Crippen LogP contribution is -2.47. The van der Waals surface area contributed by atoms with Gasteiger partial charge in [-0.3, -0.25) is 24.3 Å². The Balaban J connectivity index is 1.83.